The molecule has 2 heterocycles. The second-order valence-electron chi connectivity index (χ2n) is 4.44. The summed E-state index contributed by atoms with van der Waals surface area (Å²) < 4.78 is 0. The molecule has 4 nitrogen and oxygen atoms in total. The molecule has 5 heteroatoms. The molecule has 17 heavy (non-hydrogen) atoms. The lowest BCUT2D eigenvalue weighted by atomic mass is 9.93. The van der Waals surface area contributed by atoms with E-state index in [1.165, 1.54) is 0 Å². The largest absolute Gasteiger partial charge is 0.371 e. The highest BCUT2D eigenvalue weighted by atomic mass is 35.5. The molecule has 0 radical (unpaired) electrons. The number of pyridine rings is 1. The molecule has 1 aromatic rings. The lowest BCUT2D eigenvalue weighted by molar-refractivity contribution is -0.119. The van der Waals surface area contributed by atoms with Crippen LogP contribution in [0.3, 0.4) is 0 Å². The van der Waals surface area contributed by atoms with Crippen molar-refractivity contribution in [2.45, 2.75) is 19.3 Å². The van der Waals surface area contributed by atoms with Crippen molar-refractivity contribution in [3.05, 3.63) is 23.5 Å². The fourth-order valence-corrected chi connectivity index (χ4v) is 2.44. The summed E-state index contributed by atoms with van der Waals surface area (Å²) in [4.78, 5) is 17.1. The van der Waals surface area contributed by atoms with E-state index in [2.05, 4.69) is 9.88 Å². The van der Waals surface area contributed by atoms with Crippen LogP contribution >= 0.6 is 11.6 Å². The Hall–Kier alpha value is -1.29. The molecule has 1 aliphatic heterocycles. The number of hydrogen-bond acceptors (Lipinski definition) is 3. The molecule has 2 rings (SSSR count). The average Bonchev–Trinajstić information content (AvgIpc) is 2.29. The number of rotatable bonds is 3. The molecule has 1 aliphatic rings. The highest BCUT2D eigenvalue weighted by Crippen LogP contribution is 2.25. The molecule has 0 aromatic carbocycles. The fraction of sp³-hybridized carbons (Fsp3) is 0.500. The third-order valence-corrected chi connectivity index (χ3v) is 3.39. The van der Waals surface area contributed by atoms with Crippen LogP contribution in [0.1, 0.15) is 19.3 Å². The average molecular weight is 254 g/mol. The van der Waals surface area contributed by atoms with E-state index in [1.54, 1.807) is 6.20 Å². The monoisotopic (exact) mass is 253 g/mol. The number of aromatic nitrogens is 1. The van der Waals surface area contributed by atoms with E-state index < -0.39 is 0 Å². The summed E-state index contributed by atoms with van der Waals surface area (Å²) in [6, 6.07) is 3.83. The van der Waals surface area contributed by atoms with Crippen molar-refractivity contribution in [3.8, 4) is 0 Å². The first-order valence-corrected chi connectivity index (χ1v) is 6.18. The summed E-state index contributed by atoms with van der Waals surface area (Å²) in [7, 11) is 0. The number of halogens is 1. The van der Waals surface area contributed by atoms with E-state index in [0.717, 1.165) is 31.6 Å². The SMILES string of the molecule is NC(=O)CC1CCN(c2ccnc(Cl)c2)CC1. The molecule has 0 saturated carbocycles. The van der Waals surface area contributed by atoms with Gasteiger partial charge in [0.25, 0.3) is 0 Å². The van der Waals surface area contributed by atoms with Crippen molar-refractivity contribution in [1.29, 1.82) is 0 Å². The lowest BCUT2D eigenvalue weighted by Gasteiger charge is -2.33. The first-order valence-electron chi connectivity index (χ1n) is 5.80. The van der Waals surface area contributed by atoms with Crippen LogP contribution in [0.25, 0.3) is 0 Å². The summed E-state index contributed by atoms with van der Waals surface area (Å²) in [5.74, 6) is 0.233. The molecule has 0 spiro atoms. The van der Waals surface area contributed by atoms with Crippen LogP contribution < -0.4 is 10.6 Å². The van der Waals surface area contributed by atoms with Crippen LogP contribution in [0.2, 0.25) is 5.15 Å². The number of anilines is 1. The normalized spacial score (nSPS) is 17.1. The zero-order valence-corrected chi connectivity index (χ0v) is 10.4. The maximum atomic E-state index is 10.8. The van der Waals surface area contributed by atoms with Gasteiger partial charge in [-0.3, -0.25) is 4.79 Å². The molecule has 2 N–H and O–H groups in total. The van der Waals surface area contributed by atoms with Crippen molar-refractivity contribution >= 4 is 23.2 Å². The Kier molecular flexibility index (Phi) is 3.84. The highest BCUT2D eigenvalue weighted by Gasteiger charge is 2.20. The van der Waals surface area contributed by atoms with Gasteiger partial charge in [0, 0.05) is 31.4 Å². The number of piperidine rings is 1. The standard InChI is InChI=1S/C12H16ClN3O/c13-11-8-10(1-4-15-11)16-5-2-9(3-6-16)7-12(14)17/h1,4,8-9H,2-3,5-7H2,(H2,14,17). The second kappa shape index (κ2) is 5.36. The molecule has 0 unspecified atom stereocenters. The van der Waals surface area contributed by atoms with Crippen LogP contribution in [-0.4, -0.2) is 24.0 Å². The predicted molar refractivity (Wildman–Crippen MR) is 68.0 cm³/mol. The first-order chi connectivity index (χ1) is 8.15. The molecule has 92 valence electrons. The van der Waals surface area contributed by atoms with Crippen molar-refractivity contribution in [2.75, 3.05) is 18.0 Å². The van der Waals surface area contributed by atoms with Gasteiger partial charge in [-0.05, 0) is 30.9 Å². The Morgan fingerprint density at radius 3 is 2.82 bits per heavy atom. The number of carbonyl (C=O) groups excluding carboxylic acids is 1. The van der Waals surface area contributed by atoms with E-state index in [0.29, 0.717) is 17.5 Å². The van der Waals surface area contributed by atoms with Gasteiger partial charge >= 0.3 is 0 Å². The number of amides is 1. The van der Waals surface area contributed by atoms with Crippen LogP contribution in [0.4, 0.5) is 5.69 Å². The summed E-state index contributed by atoms with van der Waals surface area (Å²) in [6.07, 6.45) is 4.23. The van der Waals surface area contributed by atoms with Crippen molar-refractivity contribution in [3.63, 3.8) is 0 Å². The molecular weight excluding hydrogens is 238 g/mol. The minimum atomic E-state index is -0.199. The number of nitrogens with zero attached hydrogens (tertiary/aromatic N) is 2. The van der Waals surface area contributed by atoms with Crippen molar-refractivity contribution in [1.82, 2.24) is 4.98 Å². The summed E-state index contributed by atoms with van der Waals surface area (Å²) in [6.45, 7) is 1.89. The quantitative estimate of drug-likeness (QED) is 0.836. The van der Waals surface area contributed by atoms with Crippen LogP contribution in [0, 0.1) is 5.92 Å². The number of nitrogens with two attached hydrogens (primary N) is 1. The van der Waals surface area contributed by atoms with Crippen LogP contribution in [-0.2, 0) is 4.79 Å². The smallest absolute Gasteiger partial charge is 0.217 e. The van der Waals surface area contributed by atoms with Gasteiger partial charge in [0.15, 0.2) is 0 Å². The van der Waals surface area contributed by atoms with Gasteiger partial charge < -0.3 is 10.6 Å². The van der Waals surface area contributed by atoms with E-state index in [4.69, 9.17) is 17.3 Å². The minimum absolute atomic E-state index is 0.199. The van der Waals surface area contributed by atoms with Gasteiger partial charge in [-0.2, -0.15) is 0 Å². The fourth-order valence-electron chi connectivity index (χ4n) is 2.27. The first kappa shape index (κ1) is 12.2. The molecule has 1 saturated heterocycles. The van der Waals surface area contributed by atoms with E-state index in [1.807, 2.05) is 12.1 Å². The number of hydrogen-bond donors (Lipinski definition) is 1. The third-order valence-electron chi connectivity index (χ3n) is 3.18. The summed E-state index contributed by atoms with van der Waals surface area (Å²) >= 11 is 5.86. The lowest BCUT2D eigenvalue weighted by Crippen LogP contribution is -2.35. The summed E-state index contributed by atoms with van der Waals surface area (Å²) in [5, 5.41) is 0.516. The zero-order chi connectivity index (χ0) is 12.3. The van der Waals surface area contributed by atoms with Gasteiger partial charge in [-0.15, -0.1) is 0 Å². The molecular formula is C12H16ClN3O. The molecule has 0 bridgehead atoms. The maximum absolute atomic E-state index is 10.8. The second-order valence-corrected chi connectivity index (χ2v) is 4.82. The Morgan fingerprint density at radius 1 is 1.53 bits per heavy atom. The molecule has 0 atom stereocenters. The topological polar surface area (TPSA) is 59.2 Å². The third kappa shape index (κ3) is 3.33. The Labute approximate surface area is 106 Å². The maximum Gasteiger partial charge on any atom is 0.217 e. The summed E-state index contributed by atoms with van der Waals surface area (Å²) in [5.41, 5.74) is 6.31. The molecule has 1 aromatic heterocycles. The van der Waals surface area contributed by atoms with Crippen molar-refractivity contribution < 1.29 is 4.79 Å². The Morgan fingerprint density at radius 2 is 2.24 bits per heavy atom. The minimum Gasteiger partial charge on any atom is -0.371 e. The van der Waals surface area contributed by atoms with Crippen molar-refractivity contribution in [2.24, 2.45) is 11.7 Å². The van der Waals surface area contributed by atoms with E-state index >= 15 is 0 Å². The molecule has 1 fully saturated rings. The van der Waals surface area contributed by atoms with Gasteiger partial charge in [-0.25, -0.2) is 4.98 Å². The van der Waals surface area contributed by atoms with E-state index in [9.17, 15) is 4.79 Å². The Balaban J connectivity index is 1.93. The van der Waals surface area contributed by atoms with Gasteiger partial charge in [0.2, 0.25) is 5.91 Å². The number of primary amides is 1. The van der Waals surface area contributed by atoms with Gasteiger partial charge in [0.1, 0.15) is 5.15 Å². The zero-order valence-electron chi connectivity index (χ0n) is 9.60. The van der Waals surface area contributed by atoms with Gasteiger partial charge in [-0.1, -0.05) is 11.6 Å². The predicted octanol–water partition coefficient (Wildman–Crippen LogP) is 1.83. The van der Waals surface area contributed by atoms with Crippen LogP contribution in [0.15, 0.2) is 18.3 Å². The van der Waals surface area contributed by atoms with Crippen LogP contribution in [0.5, 0.6) is 0 Å². The molecule has 0 aliphatic carbocycles. The van der Waals surface area contributed by atoms with Gasteiger partial charge in [0.05, 0.1) is 0 Å². The van der Waals surface area contributed by atoms with E-state index in [-0.39, 0.29) is 5.91 Å². The Bertz CT molecular complexity index is 402. The number of carbonyl (C=O) groups is 1. The molecule has 1 amide bonds. The highest BCUT2D eigenvalue weighted by molar-refractivity contribution is 6.29.